The first-order valence-corrected chi connectivity index (χ1v) is 8.92. The number of hydrogen-bond donors (Lipinski definition) is 1. The van der Waals surface area contributed by atoms with Gasteiger partial charge in [-0.1, -0.05) is 6.42 Å². The Morgan fingerprint density at radius 3 is 2.91 bits per heavy atom. The van der Waals surface area contributed by atoms with Gasteiger partial charge < -0.3 is 9.88 Å². The summed E-state index contributed by atoms with van der Waals surface area (Å²) >= 11 is 1.85. The molecular formula is C16H22N4OS. The maximum atomic E-state index is 12.1. The molecule has 3 heterocycles. The molecule has 22 heavy (non-hydrogen) atoms. The molecule has 1 aliphatic heterocycles. The van der Waals surface area contributed by atoms with Gasteiger partial charge in [0.2, 0.25) is 5.91 Å². The number of rotatable bonds is 7. The van der Waals surface area contributed by atoms with E-state index in [2.05, 4.69) is 27.4 Å². The van der Waals surface area contributed by atoms with Gasteiger partial charge in [-0.05, 0) is 25.0 Å². The van der Waals surface area contributed by atoms with Crippen molar-refractivity contribution in [2.45, 2.75) is 43.7 Å². The fourth-order valence-corrected chi connectivity index (χ4v) is 3.80. The number of thioether (sulfide) groups is 1. The van der Waals surface area contributed by atoms with Crippen molar-refractivity contribution in [1.29, 1.82) is 0 Å². The van der Waals surface area contributed by atoms with Crippen LogP contribution in [0.5, 0.6) is 0 Å². The first-order valence-electron chi connectivity index (χ1n) is 7.77. The lowest BCUT2D eigenvalue weighted by Gasteiger charge is -2.07. The number of aromatic nitrogens is 3. The number of amides is 1. The number of fused-ring (bicyclic) bond motifs is 1. The average molecular weight is 318 g/mol. The highest BCUT2D eigenvalue weighted by molar-refractivity contribution is 7.98. The van der Waals surface area contributed by atoms with Gasteiger partial charge in [0.15, 0.2) is 0 Å². The summed E-state index contributed by atoms with van der Waals surface area (Å²) < 4.78 is 3.98. The van der Waals surface area contributed by atoms with Crippen molar-refractivity contribution in [3.63, 3.8) is 0 Å². The molecule has 1 N–H and O–H groups in total. The topological polar surface area (TPSA) is 51.9 Å². The molecule has 0 aliphatic carbocycles. The fraction of sp³-hybridized carbons (Fsp3) is 0.500. The third kappa shape index (κ3) is 3.55. The second kappa shape index (κ2) is 7.05. The zero-order valence-electron chi connectivity index (χ0n) is 12.9. The first-order chi connectivity index (χ1) is 10.7. The van der Waals surface area contributed by atoms with Crippen LogP contribution >= 0.6 is 11.8 Å². The van der Waals surface area contributed by atoms with Crippen molar-refractivity contribution in [3.05, 3.63) is 35.8 Å². The Kier molecular flexibility index (Phi) is 4.87. The zero-order chi connectivity index (χ0) is 15.4. The summed E-state index contributed by atoms with van der Waals surface area (Å²) in [6, 6.07) is 4.08. The number of nitrogens with one attached hydrogen (secondary N) is 1. The molecule has 1 amide bonds. The predicted molar refractivity (Wildman–Crippen MR) is 89.7 cm³/mol. The Morgan fingerprint density at radius 1 is 1.27 bits per heavy atom. The number of carbonyl (C=O) groups is 1. The van der Waals surface area contributed by atoms with Crippen LogP contribution in [0.25, 0.3) is 0 Å². The summed E-state index contributed by atoms with van der Waals surface area (Å²) in [6.45, 7) is 1.03. The molecule has 0 aromatic carbocycles. The largest absolute Gasteiger partial charge is 0.354 e. The van der Waals surface area contributed by atoms with Crippen LogP contribution < -0.4 is 5.32 Å². The fourth-order valence-electron chi connectivity index (χ4n) is 2.77. The Bertz CT molecular complexity index is 633. The van der Waals surface area contributed by atoms with E-state index in [9.17, 15) is 4.79 Å². The minimum absolute atomic E-state index is 0.101. The molecule has 0 bridgehead atoms. The van der Waals surface area contributed by atoms with E-state index in [-0.39, 0.29) is 5.91 Å². The van der Waals surface area contributed by atoms with E-state index in [1.165, 1.54) is 5.56 Å². The van der Waals surface area contributed by atoms with E-state index >= 15 is 0 Å². The maximum Gasteiger partial charge on any atom is 0.225 e. The Morgan fingerprint density at radius 2 is 2.09 bits per heavy atom. The highest BCUT2D eigenvalue weighted by Crippen LogP contribution is 2.34. The lowest BCUT2D eigenvalue weighted by Crippen LogP contribution is -2.15. The van der Waals surface area contributed by atoms with Crippen molar-refractivity contribution in [1.82, 2.24) is 14.3 Å². The van der Waals surface area contributed by atoms with Crippen LogP contribution in [0.4, 0.5) is 5.82 Å². The zero-order valence-corrected chi connectivity index (χ0v) is 13.7. The van der Waals surface area contributed by atoms with Gasteiger partial charge in [-0.2, -0.15) is 16.9 Å². The Hall–Kier alpha value is -1.69. The lowest BCUT2D eigenvalue weighted by atomic mass is 10.2. The van der Waals surface area contributed by atoms with Crippen LogP contribution in [0.15, 0.2) is 24.5 Å². The van der Waals surface area contributed by atoms with E-state index < -0.39 is 0 Å². The van der Waals surface area contributed by atoms with Crippen LogP contribution in [0.3, 0.4) is 0 Å². The van der Waals surface area contributed by atoms with Gasteiger partial charge >= 0.3 is 0 Å². The summed E-state index contributed by atoms with van der Waals surface area (Å²) in [5.74, 6) is 2.90. The van der Waals surface area contributed by atoms with Gasteiger partial charge in [0.25, 0.3) is 0 Å². The number of hydrogen-bond acceptors (Lipinski definition) is 3. The SMILES string of the molecule is Cn1nc2c(c1NC(=O)CCCCCn1cccc1)CSC2. The number of nitrogens with zero attached hydrogens (tertiary/aromatic N) is 3. The van der Waals surface area contributed by atoms with Crippen LogP contribution in [0, 0.1) is 0 Å². The van der Waals surface area contributed by atoms with Gasteiger partial charge in [0, 0.05) is 49.5 Å². The van der Waals surface area contributed by atoms with Gasteiger partial charge in [-0.3, -0.25) is 9.48 Å². The molecule has 118 valence electrons. The smallest absolute Gasteiger partial charge is 0.225 e. The maximum absolute atomic E-state index is 12.1. The predicted octanol–water partition coefficient (Wildman–Crippen LogP) is 3.17. The van der Waals surface area contributed by atoms with Crippen LogP contribution in [-0.4, -0.2) is 20.3 Å². The normalized spacial score (nSPS) is 13.3. The molecule has 3 rings (SSSR count). The van der Waals surface area contributed by atoms with Gasteiger partial charge in [-0.25, -0.2) is 0 Å². The van der Waals surface area contributed by atoms with Crippen LogP contribution in [0.2, 0.25) is 0 Å². The molecule has 2 aromatic heterocycles. The number of unbranched alkanes of at least 4 members (excludes halogenated alkanes) is 2. The van der Waals surface area contributed by atoms with Gasteiger partial charge in [-0.15, -0.1) is 0 Å². The second-order valence-electron chi connectivity index (χ2n) is 5.67. The van der Waals surface area contributed by atoms with Crippen molar-refractivity contribution in [2.75, 3.05) is 5.32 Å². The highest BCUT2D eigenvalue weighted by atomic mass is 32.2. The molecule has 0 fully saturated rings. The van der Waals surface area contributed by atoms with E-state index in [1.807, 2.05) is 30.9 Å². The molecule has 0 unspecified atom stereocenters. The van der Waals surface area contributed by atoms with Crippen molar-refractivity contribution in [2.24, 2.45) is 7.05 Å². The van der Waals surface area contributed by atoms with E-state index in [0.717, 1.165) is 48.8 Å². The third-order valence-corrected chi connectivity index (χ3v) is 4.93. The summed E-state index contributed by atoms with van der Waals surface area (Å²) in [4.78, 5) is 12.1. The molecule has 0 radical (unpaired) electrons. The summed E-state index contributed by atoms with van der Waals surface area (Å²) in [5, 5.41) is 7.50. The van der Waals surface area contributed by atoms with E-state index in [4.69, 9.17) is 0 Å². The molecule has 0 saturated heterocycles. The molecule has 1 aliphatic rings. The molecule has 0 atom stereocenters. The van der Waals surface area contributed by atoms with Gasteiger partial charge in [0.05, 0.1) is 5.69 Å². The quantitative estimate of drug-likeness (QED) is 0.798. The number of aryl methyl sites for hydroxylation is 2. The monoisotopic (exact) mass is 318 g/mol. The summed E-state index contributed by atoms with van der Waals surface area (Å²) in [5.41, 5.74) is 2.32. The molecular weight excluding hydrogens is 296 g/mol. The minimum Gasteiger partial charge on any atom is -0.354 e. The molecule has 0 saturated carbocycles. The Balaban J connectivity index is 1.39. The molecule has 0 spiro atoms. The first kappa shape index (κ1) is 15.2. The van der Waals surface area contributed by atoms with Crippen LogP contribution in [-0.2, 0) is 29.9 Å². The van der Waals surface area contributed by atoms with Crippen LogP contribution in [0.1, 0.15) is 36.9 Å². The minimum atomic E-state index is 0.101. The third-order valence-electron chi connectivity index (χ3n) is 3.96. The number of anilines is 1. The standard InChI is InChI=1S/C16H22N4OS/c1-19-16(13-11-22-12-14(13)18-19)17-15(21)7-3-2-4-8-20-9-5-6-10-20/h5-6,9-10H,2-4,7-8,11-12H2,1H3,(H,17,21). The Labute approximate surface area is 135 Å². The van der Waals surface area contributed by atoms with Crippen molar-refractivity contribution in [3.8, 4) is 0 Å². The van der Waals surface area contributed by atoms with Gasteiger partial charge in [0.1, 0.15) is 5.82 Å². The van der Waals surface area contributed by atoms with Crippen molar-refractivity contribution < 1.29 is 4.79 Å². The summed E-state index contributed by atoms with van der Waals surface area (Å²) in [6.07, 6.45) is 7.85. The second-order valence-corrected chi connectivity index (χ2v) is 6.66. The lowest BCUT2D eigenvalue weighted by molar-refractivity contribution is -0.116. The molecule has 6 heteroatoms. The van der Waals surface area contributed by atoms with E-state index in [1.54, 1.807) is 4.68 Å². The highest BCUT2D eigenvalue weighted by Gasteiger charge is 2.22. The molecule has 2 aromatic rings. The average Bonchev–Trinajstić information content (AvgIpc) is 3.19. The molecule has 5 nitrogen and oxygen atoms in total. The summed E-state index contributed by atoms with van der Waals surface area (Å²) in [7, 11) is 1.90. The van der Waals surface area contributed by atoms with E-state index in [0.29, 0.717) is 6.42 Å². The van der Waals surface area contributed by atoms with Crippen molar-refractivity contribution >= 4 is 23.5 Å². The number of carbonyl (C=O) groups excluding carboxylic acids is 1.